The van der Waals surface area contributed by atoms with Gasteiger partial charge in [0.05, 0.1) is 12.0 Å². The predicted octanol–water partition coefficient (Wildman–Crippen LogP) is 29.9. The molecule has 0 bridgehead atoms. The molecule has 0 aliphatic rings. The molecule has 0 aliphatic carbocycles. The normalized spacial score (nSPS) is 11.6. The van der Waals surface area contributed by atoms with E-state index >= 15 is 0 Å². The van der Waals surface area contributed by atoms with E-state index in [4.69, 9.17) is 14.9 Å². The first-order valence-corrected chi connectivity index (χ1v) is 43.0. The van der Waals surface area contributed by atoms with Crippen molar-refractivity contribution in [3.8, 4) is 0 Å². The lowest BCUT2D eigenvalue weighted by Crippen LogP contribution is -2.31. The Bertz CT molecular complexity index is 1450. The molecule has 0 saturated heterocycles. The molecular weight excluding hydrogens is 1160 g/mol. The van der Waals surface area contributed by atoms with E-state index in [1.807, 2.05) is 0 Å². The van der Waals surface area contributed by atoms with E-state index in [0.717, 1.165) is 109 Å². The molecule has 8 heteroatoms. The van der Waals surface area contributed by atoms with Crippen LogP contribution in [0.1, 0.15) is 515 Å². The summed E-state index contributed by atoms with van der Waals surface area (Å²) in [4.78, 5) is 45.9. The van der Waals surface area contributed by atoms with Crippen molar-refractivity contribution in [2.75, 3.05) is 6.61 Å². The molecular formula is C86H168O8. The molecule has 0 fully saturated rings. The van der Waals surface area contributed by atoms with E-state index in [-0.39, 0.29) is 18.8 Å². The number of carboxylic acid groups (broad SMARTS) is 3. The summed E-state index contributed by atoms with van der Waals surface area (Å²) >= 11 is 0. The highest BCUT2D eigenvalue weighted by Crippen LogP contribution is 2.38. The molecule has 0 aromatic heterocycles. The standard InChI is InChI=1S/C54H106O4.C32H62O4/c1-3-5-7-9-11-13-15-17-19-21-23-25-27-29-31-33-35-37-41-45-49-54(53(57)58,51-47-43-39-40-44-48-52(55)56)50-46-42-38-36-34-32-30-28-26-24-22-20-18-16-14-12-10-8-6-4-2;1-2-3-4-5-6-7-8-9-10-11-12-13-14-15-16-17-18-21-24-27-30-36-32(35)29-26-23-20-19-22-25-28-31(33)34/h3-51H2,1-2H3,(H,55,56)(H,57,58);2-30H2,1H3,(H,33,34). The quantitative estimate of drug-likeness (QED) is 0.0404. The molecule has 560 valence electrons. The Morgan fingerprint density at radius 3 is 0.553 bits per heavy atom. The monoisotopic (exact) mass is 1330 g/mol. The minimum Gasteiger partial charge on any atom is -0.481 e. The summed E-state index contributed by atoms with van der Waals surface area (Å²) in [6.45, 7) is 7.45. The molecule has 0 atom stereocenters. The predicted molar refractivity (Wildman–Crippen MR) is 409 cm³/mol. The molecule has 0 unspecified atom stereocenters. The third-order valence-electron chi connectivity index (χ3n) is 20.8. The minimum absolute atomic E-state index is 0.0568. The lowest BCUT2D eigenvalue weighted by atomic mass is 9.74. The van der Waals surface area contributed by atoms with Crippen LogP contribution in [-0.2, 0) is 23.9 Å². The van der Waals surface area contributed by atoms with Gasteiger partial charge in [-0.05, 0) is 44.9 Å². The maximum Gasteiger partial charge on any atom is 0.309 e. The molecule has 0 amide bonds. The van der Waals surface area contributed by atoms with Crippen molar-refractivity contribution < 1.29 is 39.2 Å². The van der Waals surface area contributed by atoms with Gasteiger partial charge in [0.25, 0.3) is 0 Å². The molecule has 0 heterocycles. The summed E-state index contributed by atoms with van der Waals surface area (Å²) in [6, 6.07) is 0. The van der Waals surface area contributed by atoms with Crippen molar-refractivity contribution in [3.63, 3.8) is 0 Å². The SMILES string of the molecule is CCCCCCCCCCCCCCCCCCCCCCC(CCCCCCCCCCCCCCCCCCCCCC)(CCCCCCCC(=O)O)C(=O)O.CCCCCCCCCCCCCCCCCCCCCCOC(=O)CCCCCCCCC(=O)O. The largest absolute Gasteiger partial charge is 0.481 e. The van der Waals surface area contributed by atoms with Crippen molar-refractivity contribution in [2.45, 2.75) is 515 Å². The molecule has 0 aliphatic heterocycles. The van der Waals surface area contributed by atoms with E-state index < -0.39 is 23.3 Å². The topological polar surface area (TPSA) is 138 Å². The summed E-state index contributed by atoms with van der Waals surface area (Å²) in [6.07, 6.45) is 96.2. The number of esters is 1. The second-order valence-electron chi connectivity index (χ2n) is 30.1. The van der Waals surface area contributed by atoms with Crippen LogP contribution in [0.15, 0.2) is 0 Å². The molecule has 94 heavy (non-hydrogen) atoms. The van der Waals surface area contributed by atoms with Crippen LogP contribution in [-0.4, -0.2) is 45.8 Å². The Kier molecular flexibility index (Phi) is 81.5. The number of hydrogen-bond acceptors (Lipinski definition) is 5. The maximum absolute atomic E-state index is 12.9. The Balaban J connectivity index is 0. The highest BCUT2D eigenvalue weighted by atomic mass is 16.5. The van der Waals surface area contributed by atoms with E-state index in [0.29, 0.717) is 13.0 Å². The fourth-order valence-electron chi connectivity index (χ4n) is 14.3. The van der Waals surface area contributed by atoms with Crippen LogP contribution in [0.4, 0.5) is 0 Å². The summed E-state index contributed by atoms with van der Waals surface area (Å²) in [5.41, 5.74) is -0.566. The van der Waals surface area contributed by atoms with Gasteiger partial charge in [-0.25, -0.2) is 0 Å². The highest BCUT2D eigenvalue weighted by molar-refractivity contribution is 5.74. The van der Waals surface area contributed by atoms with Gasteiger partial charge in [0, 0.05) is 19.3 Å². The van der Waals surface area contributed by atoms with Crippen LogP contribution in [0.25, 0.3) is 0 Å². The first-order chi connectivity index (χ1) is 46.1. The number of hydrogen-bond donors (Lipinski definition) is 3. The number of aliphatic carboxylic acids is 3. The van der Waals surface area contributed by atoms with Crippen LogP contribution in [0.3, 0.4) is 0 Å². The molecule has 0 saturated carbocycles. The fraction of sp³-hybridized carbons (Fsp3) is 0.953. The maximum atomic E-state index is 12.9. The second kappa shape index (κ2) is 81.6. The van der Waals surface area contributed by atoms with E-state index in [1.165, 1.54) is 366 Å². The molecule has 8 nitrogen and oxygen atoms in total. The molecule has 0 aromatic rings. The lowest BCUT2D eigenvalue weighted by Gasteiger charge is -2.30. The van der Waals surface area contributed by atoms with Gasteiger partial charge in [-0.1, -0.05) is 451 Å². The third-order valence-corrected chi connectivity index (χ3v) is 20.8. The first-order valence-electron chi connectivity index (χ1n) is 43.0. The van der Waals surface area contributed by atoms with Gasteiger partial charge in [0.1, 0.15) is 0 Å². The lowest BCUT2D eigenvalue weighted by molar-refractivity contribution is -0.151. The van der Waals surface area contributed by atoms with Gasteiger partial charge in [-0.15, -0.1) is 0 Å². The average Bonchev–Trinajstić information content (AvgIpc) is 2.86. The van der Waals surface area contributed by atoms with Gasteiger partial charge >= 0.3 is 23.9 Å². The fourth-order valence-corrected chi connectivity index (χ4v) is 14.3. The minimum atomic E-state index is -0.713. The number of rotatable bonds is 81. The van der Waals surface area contributed by atoms with Gasteiger partial charge in [-0.3, -0.25) is 19.2 Å². The Morgan fingerprint density at radius 1 is 0.213 bits per heavy atom. The van der Waals surface area contributed by atoms with Crippen LogP contribution >= 0.6 is 0 Å². The number of unbranched alkanes of at least 4 members (excludes halogenated alkanes) is 66. The van der Waals surface area contributed by atoms with Gasteiger partial charge in [-0.2, -0.15) is 0 Å². The molecule has 0 aromatic carbocycles. The number of carbonyl (C=O) groups is 4. The molecule has 0 radical (unpaired) electrons. The molecule has 3 N–H and O–H groups in total. The molecule has 0 spiro atoms. The van der Waals surface area contributed by atoms with E-state index in [9.17, 15) is 24.3 Å². The highest BCUT2D eigenvalue weighted by Gasteiger charge is 2.36. The zero-order valence-electron chi connectivity index (χ0n) is 64.0. The van der Waals surface area contributed by atoms with Gasteiger partial charge in [0.15, 0.2) is 0 Å². The van der Waals surface area contributed by atoms with Crippen LogP contribution in [0.5, 0.6) is 0 Å². The van der Waals surface area contributed by atoms with Crippen molar-refractivity contribution in [1.29, 1.82) is 0 Å². The third kappa shape index (κ3) is 78.9. The Labute approximate surface area is 587 Å². The summed E-state index contributed by atoms with van der Waals surface area (Å²) in [5, 5.41) is 28.1. The van der Waals surface area contributed by atoms with Crippen molar-refractivity contribution in [3.05, 3.63) is 0 Å². The van der Waals surface area contributed by atoms with E-state index in [1.54, 1.807) is 0 Å². The molecule has 0 rings (SSSR count). The summed E-state index contributed by atoms with van der Waals surface area (Å²) < 4.78 is 5.35. The van der Waals surface area contributed by atoms with Crippen LogP contribution in [0, 0.1) is 5.41 Å². The van der Waals surface area contributed by atoms with Crippen molar-refractivity contribution in [1.82, 2.24) is 0 Å². The smallest absolute Gasteiger partial charge is 0.309 e. The second-order valence-corrected chi connectivity index (χ2v) is 30.1. The first kappa shape index (κ1) is 93.9. The summed E-state index contributed by atoms with van der Waals surface area (Å²) in [5.74, 6) is -2.04. The van der Waals surface area contributed by atoms with E-state index in [2.05, 4.69) is 20.8 Å². The number of ether oxygens (including phenoxy) is 1. The van der Waals surface area contributed by atoms with Crippen LogP contribution in [0.2, 0.25) is 0 Å². The zero-order chi connectivity index (χ0) is 68.7. The number of carboxylic acids is 3. The average molecular weight is 1330 g/mol. The van der Waals surface area contributed by atoms with Crippen molar-refractivity contribution in [2.24, 2.45) is 5.41 Å². The van der Waals surface area contributed by atoms with Gasteiger partial charge < -0.3 is 20.1 Å². The van der Waals surface area contributed by atoms with Gasteiger partial charge in [0.2, 0.25) is 0 Å². The number of carbonyl (C=O) groups excluding carboxylic acids is 1. The Hall–Kier alpha value is -2.12. The zero-order valence-corrected chi connectivity index (χ0v) is 64.0. The van der Waals surface area contributed by atoms with Crippen molar-refractivity contribution >= 4 is 23.9 Å². The Morgan fingerprint density at radius 2 is 0.372 bits per heavy atom. The van der Waals surface area contributed by atoms with Crippen LogP contribution < -0.4 is 0 Å². The summed E-state index contributed by atoms with van der Waals surface area (Å²) in [7, 11) is 0.